The number of nitrogens with zero attached hydrogens (tertiary/aromatic N) is 3. The first-order valence-corrected chi connectivity index (χ1v) is 8.28. The summed E-state index contributed by atoms with van der Waals surface area (Å²) in [7, 11) is 3.36. The van der Waals surface area contributed by atoms with Crippen molar-refractivity contribution in [2.24, 2.45) is 7.05 Å². The van der Waals surface area contributed by atoms with Crippen molar-refractivity contribution >= 4 is 11.7 Å². The van der Waals surface area contributed by atoms with Gasteiger partial charge >= 0.3 is 6.03 Å². The molecule has 2 aromatic heterocycles. The SMILES string of the molecule is COc1ncc(C)cc1NC(=O)N[C@@H]1CCC[C@@H]1Oc1cnn(C)c1. The Labute approximate surface area is 146 Å². The van der Waals surface area contributed by atoms with Gasteiger partial charge < -0.3 is 20.1 Å². The number of ether oxygens (including phenoxy) is 2. The molecule has 0 bridgehead atoms. The van der Waals surface area contributed by atoms with E-state index in [1.165, 1.54) is 7.11 Å². The summed E-state index contributed by atoms with van der Waals surface area (Å²) >= 11 is 0. The Bertz CT molecular complexity index is 746. The van der Waals surface area contributed by atoms with E-state index < -0.39 is 0 Å². The maximum atomic E-state index is 12.4. The fourth-order valence-corrected chi connectivity index (χ4v) is 3.00. The van der Waals surface area contributed by atoms with Crippen LogP contribution >= 0.6 is 0 Å². The fourth-order valence-electron chi connectivity index (χ4n) is 3.00. The number of nitrogens with one attached hydrogen (secondary N) is 2. The molecule has 0 aliphatic heterocycles. The van der Waals surface area contributed by atoms with Gasteiger partial charge in [-0.2, -0.15) is 5.10 Å². The highest BCUT2D eigenvalue weighted by atomic mass is 16.5. The van der Waals surface area contributed by atoms with Crippen LogP contribution in [0.25, 0.3) is 0 Å². The second kappa shape index (κ2) is 7.42. The molecule has 0 unspecified atom stereocenters. The van der Waals surface area contributed by atoms with E-state index in [-0.39, 0.29) is 18.2 Å². The quantitative estimate of drug-likeness (QED) is 0.867. The number of aromatic nitrogens is 3. The second-order valence-electron chi connectivity index (χ2n) is 6.21. The summed E-state index contributed by atoms with van der Waals surface area (Å²) in [6, 6.07) is 1.48. The van der Waals surface area contributed by atoms with Crippen molar-refractivity contribution in [1.82, 2.24) is 20.1 Å². The number of carbonyl (C=O) groups excluding carboxylic acids is 1. The molecule has 2 heterocycles. The van der Waals surface area contributed by atoms with E-state index in [9.17, 15) is 4.79 Å². The van der Waals surface area contributed by atoms with Crippen LogP contribution in [-0.2, 0) is 7.05 Å². The van der Waals surface area contributed by atoms with E-state index in [1.807, 2.05) is 26.2 Å². The molecule has 2 N–H and O–H groups in total. The molecule has 2 atom stereocenters. The highest BCUT2D eigenvalue weighted by molar-refractivity contribution is 5.90. The molecule has 134 valence electrons. The zero-order chi connectivity index (χ0) is 17.8. The molecule has 1 aliphatic rings. The Hall–Kier alpha value is -2.77. The predicted octanol–water partition coefficient (Wildman–Crippen LogP) is 2.25. The summed E-state index contributed by atoms with van der Waals surface area (Å²) in [6.45, 7) is 1.91. The lowest BCUT2D eigenvalue weighted by molar-refractivity contribution is 0.175. The third kappa shape index (κ3) is 4.20. The third-order valence-electron chi connectivity index (χ3n) is 4.17. The van der Waals surface area contributed by atoms with E-state index in [0.29, 0.717) is 17.3 Å². The zero-order valence-corrected chi connectivity index (χ0v) is 14.7. The molecule has 25 heavy (non-hydrogen) atoms. The van der Waals surface area contributed by atoms with E-state index >= 15 is 0 Å². The van der Waals surface area contributed by atoms with Crippen LogP contribution in [0.15, 0.2) is 24.7 Å². The fraction of sp³-hybridized carbons (Fsp3) is 0.471. The Morgan fingerprint density at radius 1 is 1.36 bits per heavy atom. The molecule has 1 saturated carbocycles. The molecular weight excluding hydrogens is 322 g/mol. The molecule has 2 amide bonds. The number of methoxy groups -OCH3 is 1. The number of hydrogen-bond donors (Lipinski definition) is 2. The van der Waals surface area contributed by atoms with Gasteiger partial charge in [0.15, 0.2) is 5.75 Å². The molecule has 8 heteroatoms. The predicted molar refractivity (Wildman–Crippen MR) is 92.9 cm³/mol. The van der Waals surface area contributed by atoms with Gasteiger partial charge in [0.2, 0.25) is 5.88 Å². The molecule has 8 nitrogen and oxygen atoms in total. The molecule has 0 spiro atoms. The highest BCUT2D eigenvalue weighted by Crippen LogP contribution is 2.25. The summed E-state index contributed by atoms with van der Waals surface area (Å²) in [5.41, 5.74) is 1.48. The highest BCUT2D eigenvalue weighted by Gasteiger charge is 2.30. The lowest BCUT2D eigenvalue weighted by atomic mass is 10.2. The molecule has 0 saturated heterocycles. The van der Waals surface area contributed by atoms with Crippen molar-refractivity contribution in [1.29, 1.82) is 0 Å². The van der Waals surface area contributed by atoms with Crippen LogP contribution in [-0.4, -0.2) is 40.1 Å². The second-order valence-corrected chi connectivity index (χ2v) is 6.21. The van der Waals surface area contributed by atoms with Crippen LogP contribution in [0.3, 0.4) is 0 Å². The van der Waals surface area contributed by atoms with Crippen molar-refractivity contribution < 1.29 is 14.3 Å². The lowest BCUT2D eigenvalue weighted by Crippen LogP contribution is -2.44. The smallest absolute Gasteiger partial charge is 0.319 e. The Morgan fingerprint density at radius 2 is 2.20 bits per heavy atom. The van der Waals surface area contributed by atoms with Crippen LogP contribution in [0.4, 0.5) is 10.5 Å². The van der Waals surface area contributed by atoms with Gasteiger partial charge in [-0.15, -0.1) is 0 Å². The van der Waals surface area contributed by atoms with Gasteiger partial charge in [0.25, 0.3) is 0 Å². The van der Waals surface area contributed by atoms with Crippen LogP contribution in [0.5, 0.6) is 11.6 Å². The largest absolute Gasteiger partial charge is 0.485 e. The van der Waals surface area contributed by atoms with Gasteiger partial charge in [0, 0.05) is 13.2 Å². The summed E-state index contributed by atoms with van der Waals surface area (Å²) in [6.07, 6.45) is 7.91. The Morgan fingerprint density at radius 3 is 2.92 bits per heavy atom. The lowest BCUT2D eigenvalue weighted by Gasteiger charge is -2.22. The number of hydrogen-bond acceptors (Lipinski definition) is 5. The van der Waals surface area contributed by atoms with Gasteiger partial charge in [-0.25, -0.2) is 9.78 Å². The van der Waals surface area contributed by atoms with Gasteiger partial charge in [-0.3, -0.25) is 4.68 Å². The maximum absolute atomic E-state index is 12.4. The number of pyridine rings is 1. The molecule has 0 radical (unpaired) electrons. The van der Waals surface area contributed by atoms with Crippen molar-refractivity contribution in [3.05, 3.63) is 30.2 Å². The first kappa shape index (κ1) is 17.1. The Balaban J connectivity index is 1.61. The average molecular weight is 345 g/mol. The van der Waals surface area contributed by atoms with Crippen molar-refractivity contribution in [3.63, 3.8) is 0 Å². The van der Waals surface area contributed by atoms with Crippen LogP contribution in [0, 0.1) is 6.92 Å². The number of aryl methyl sites for hydroxylation is 2. The van der Waals surface area contributed by atoms with E-state index in [1.54, 1.807) is 17.1 Å². The number of amides is 2. The van der Waals surface area contributed by atoms with Crippen LogP contribution in [0.1, 0.15) is 24.8 Å². The number of carbonyl (C=O) groups is 1. The maximum Gasteiger partial charge on any atom is 0.319 e. The molecule has 3 rings (SSSR count). The summed E-state index contributed by atoms with van der Waals surface area (Å²) in [5.74, 6) is 1.10. The molecular formula is C17H23N5O3. The third-order valence-corrected chi connectivity index (χ3v) is 4.17. The van der Waals surface area contributed by atoms with Crippen molar-refractivity contribution in [3.8, 4) is 11.6 Å². The van der Waals surface area contributed by atoms with E-state index in [2.05, 4.69) is 20.7 Å². The molecule has 0 aromatic carbocycles. The molecule has 1 aliphatic carbocycles. The Kier molecular flexibility index (Phi) is 5.06. The average Bonchev–Trinajstić information content (AvgIpc) is 3.17. The van der Waals surface area contributed by atoms with Gasteiger partial charge in [-0.1, -0.05) is 0 Å². The molecule has 2 aromatic rings. The standard InChI is InChI=1S/C17H23N5O3/c1-11-7-14(16(24-3)18-8-11)21-17(23)20-13-5-4-6-15(13)25-12-9-19-22(2)10-12/h7-10,13,15H,4-6H2,1-3H3,(H2,20,21,23)/t13-,15+/m1/s1. The van der Waals surface area contributed by atoms with Crippen LogP contribution < -0.4 is 20.1 Å². The van der Waals surface area contributed by atoms with E-state index in [0.717, 1.165) is 24.8 Å². The van der Waals surface area contributed by atoms with Crippen molar-refractivity contribution in [2.75, 3.05) is 12.4 Å². The first-order chi connectivity index (χ1) is 12.0. The van der Waals surface area contributed by atoms with Gasteiger partial charge in [0.05, 0.1) is 25.5 Å². The normalized spacial score (nSPS) is 19.5. The summed E-state index contributed by atoms with van der Waals surface area (Å²) in [5, 5.41) is 9.90. The number of rotatable bonds is 5. The van der Waals surface area contributed by atoms with E-state index in [4.69, 9.17) is 9.47 Å². The topological polar surface area (TPSA) is 90.3 Å². The summed E-state index contributed by atoms with van der Waals surface area (Å²) < 4.78 is 12.8. The minimum absolute atomic E-state index is 0.0519. The number of urea groups is 1. The monoisotopic (exact) mass is 345 g/mol. The van der Waals surface area contributed by atoms with Crippen LogP contribution in [0.2, 0.25) is 0 Å². The van der Waals surface area contributed by atoms with Gasteiger partial charge in [0.1, 0.15) is 11.8 Å². The first-order valence-electron chi connectivity index (χ1n) is 8.28. The minimum Gasteiger partial charge on any atom is -0.485 e. The minimum atomic E-state index is -0.294. The number of anilines is 1. The summed E-state index contributed by atoms with van der Waals surface area (Å²) in [4.78, 5) is 16.5. The van der Waals surface area contributed by atoms with Gasteiger partial charge in [-0.05, 0) is 37.8 Å². The van der Waals surface area contributed by atoms with Crippen molar-refractivity contribution in [2.45, 2.75) is 38.3 Å². The molecule has 1 fully saturated rings. The zero-order valence-electron chi connectivity index (χ0n) is 14.7.